The molecular weight excluding hydrogens is 320 g/mol. The summed E-state index contributed by atoms with van der Waals surface area (Å²) < 4.78 is 0. The first-order chi connectivity index (χ1) is 11.6. The van der Waals surface area contributed by atoms with Crippen molar-refractivity contribution in [2.45, 2.75) is 31.2 Å². The monoisotopic (exact) mass is 342 g/mol. The minimum Gasteiger partial charge on any atom is -0.348 e. The van der Waals surface area contributed by atoms with E-state index < -0.39 is 0 Å². The Kier molecular flexibility index (Phi) is 6.88. The highest BCUT2D eigenvalue weighted by Crippen LogP contribution is 2.15. The van der Waals surface area contributed by atoms with Crippen LogP contribution in [0.3, 0.4) is 0 Å². The number of carbonyl (C=O) groups excluding carboxylic acids is 2. The highest BCUT2D eigenvalue weighted by molar-refractivity contribution is 7.98. The maximum atomic E-state index is 12.2. The molecule has 4 nitrogen and oxygen atoms in total. The van der Waals surface area contributed by atoms with Crippen molar-refractivity contribution in [2.75, 3.05) is 11.6 Å². The first-order valence-corrected chi connectivity index (χ1v) is 9.16. The van der Waals surface area contributed by atoms with Crippen LogP contribution in [0.1, 0.15) is 35.7 Å². The quantitative estimate of drug-likeness (QED) is 0.746. The molecule has 0 aliphatic carbocycles. The molecule has 0 saturated heterocycles. The number of hydrogen-bond acceptors (Lipinski definition) is 3. The number of carbonyl (C=O) groups is 2. The maximum Gasteiger partial charge on any atom is 0.251 e. The second kappa shape index (κ2) is 9.13. The molecule has 0 fully saturated rings. The topological polar surface area (TPSA) is 58.2 Å². The summed E-state index contributed by atoms with van der Waals surface area (Å²) in [6, 6.07) is 15.0. The average Bonchev–Trinajstić information content (AvgIpc) is 2.60. The number of amides is 2. The number of anilines is 1. The summed E-state index contributed by atoms with van der Waals surface area (Å²) in [5.74, 6) is -0.101. The molecule has 0 bridgehead atoms. The Labute approximate surface area is 147 Å². The van der Waals surface area contributed by atoms with Crippen molar-refractivity contribution in [1.82, 2.24) is 5.32 Å². The predicted molar refractivity (Wildman–Crippen MR) is 99.4 cm³/mol. The van der Waals surface area contributed by atoms with E-state index in [1.807, 2.05) is 61.7 Å². The van der Waals surface area contributed by atoms with Gasteiger partial charge in [-0.15, -0.1) is 11.8 Å². The predicted octanol–water partition coefficient (Wildman–Crippen LogP) is 4.08. The number of rotatable bonds is 7. The second-order valence-electron chi connectivity index (χ2n) is 5.41. The molecule has 0 aromatic heterocycles. The summed E-state index contributed by atoms with van der Waals surface area (Å²) >= 11 is 1.64. The fourth-order valence-corrected chi connectivity index (χ4v) is 2.64. The van der Waals surface area contributed by atoms with Crippen molar-refractivity contribution < 1.29 is 9.59 Å². The zero-order valence-electron chi connectivity index (χ0n) is 14.0. The van der Waals surface area contributed by atoms with Crippen molar-refractivity contribution in [3.05, 3.63) is 59.7 Å². The lowest BCUT2D eigenvalue weighted by molar-refractivity contribution is -0.116. The van der Waals surface area contributed by atoms with E-state index in [9.17, 15) is 9.59 Å². The summed E-state index contributed by atoms with van der Waals surface area (Å²) in [7, 11) is 0. The van der Waals surface area contributed by atoms with E-state index in [0.29, 0.717) is 18.5 Å². The third-order valence-corrected chi connectivity index (χ3v) is 4.24. The third-order valence-electron chi connectivity index (χ3n) is 3.49. The molecule has 0 heterocycles. The van der Waals surface area contributed by atoms with Gasteiger partial charge in [0.1, 0.15) is 0 Å². The normalized spacial score (nSPS) is 10.2. The lowest BCUT2D eigenvalue weighted by Crippen LogP contribution is -2.22. The summed E-state index contributed by atoms with van der Waals surface area (Å²) in [6.45, 7) is 2.39. The molecule has 24 heavy (non-hydrogen) atoms. The van der Waals surface area contributed by atoms with Gasteiger partial charge in [-0.2, -0.15) is 0 Å². The van der Waals surface area contributed by atoms with Crippen molar-refractivity contribution >= 4 is 29.3 Å². The Morgan fingerprint density at radius 2 is 1.83 bits per heavy atom. The molecule has 0 atom stereocenters. The van der Waals surface area contributed by atoms with Crippen LogP contribution in [0.5, 0.6) is 0 Å². The van der Waals surface area contributed by atoms with Gasteiger partial charge in [-0.25, -0.2) is 0 Å². The first-order valence-electron chi connectivity index (χ1n) is 7.93. The van der Waals surface area contributed by atoms with Crippen LogP contribution < -0.4 is 10.6 Å². The van der Waals surface area contributed by atoms with Gasteiger partial charge in [-0.1, -0.05) is 19.1 Å². The summed E-state index contributed by atoms with van der Waals surface area (Å²) in [4.78, 5) is 24.9. The van der Waals surface area contributed by atoms with Crippen LogP contribution in [0.2, 0.25) is 0 Å². The van der Waals surface area contributed by atoms with Crippen LogP contribution in [0, 0.1) is 0 Å². The lowest BCUT2D eigenvalue weighted by atomic mass is 10.1. The molecule has 0 aliphatic heterocycles. The van der Waals surface area contributed by atoms with E-state index >= 15 is 0 Å². The van der Waals surface area contributed by atoms with Crippen molar-refractivity contribution in [3.63, 3.8) is 0 Å². The molecule has 0 aliphatic rings. The minimum atomic E-state index is -0.108. The molecule has 2 aromatic rings. The summed E-state index contributed by atoms with van der Waals surface area (Å²) in [6.07, 6.45) is 3.32. The largest absolute Gasteiger partial charge is 0.348 e. The van der Waals surface area contributed by atoms with Crippen LogP contribution in [-0.4, -0.2) is 18.1 Å². The molecule has 2 amide bonds. The standard InChI is InChI=1S/C19H22N2O2S/c1-3-5-18(22)21-16-7-4-6-14(12-16)13-20-19(23)15-8-10-17(24-2)11-9-15/h4,6-12H,3,5,13H2,1-2H3,(H,20,23)(H,21,22). The van der Waals surface area contributed by atoms with Crippen molar-refractivity contribution in [1.29, 1.82) is 0 Å². The van der Waals surface area contributed by atoms with Crippen LogP contribution >= 0.6 is 11.8 Å². The minimum absolute atomic E-state index is 0.00701. The number of benzene rings is 2. The second-order valence-corrected chi connectivity index (χ2v) is 6.29. The summed E-state index contributed by atoms with van der Waals surface area (Å²) in [5.41, 5.74) is 2.34. The molecular formula is C19H22N2O2S. The van der Waals surface area contributed by atoms with Gasteiger partial charge < -0.3 is 10.6 Å². The molecule has 0 radical (unpaired) electrons. The van der Waals surface area contributed by atoms with E-state index in [1.54, 1.807) is 11.8 Å². The molecule has 2 rings (SSSR count). The van der Waals surface area contributed by atoms with E-state index in [-0.39, 0.29) is 11.8 Å². The Morgan fingerprint density at radius 3 is 2.50 bits per heavy atom. The Morgan fingerprint density at radius 1 is 1.08 bits per heavy atom. The molecule has 2 aromatic carbocycles. The van der Waals surface area contributed by atoms with Crippen LogP contribution in [0.4, 0.5) is 5.69 Å². The zero-order valence-corrected chi connectivity index (χ0v) is 14.8. The van der Waals surface area contributed by atoms with Crippen LogP contribution in [0.25, 0.3) is 0 Å². The van der Waals surface area contributed by atoms with E-state index in [1.165, 1.54) is 0 Å². The highest BCUT2D eigenvalue weighted by atomic mass is 32.2. The molecule has 5 heteroatoms. The van der Waals surface area contributed by atoms with Gasteiger partial charge in [0.25, 0.3) is 5.91 Å². The molecule has 2 N–H and O–H groups in total. The average molecular weight is 342 g/mol. The van der Waals surface area contributed by atoms with Gasteiger partial charge in [0.2, 0.25) is 5.91 Å². The van der Waals surface area contributed by atoms with Gasteiger partial charge in [0.15, 0.2) is 0 Å². The molecule has 0 spiro atoms. The Bertz CT molecular complexity index is 699. The van der Waals surface area contributed by atoms with E-state index in [2.05, 4.69) is 10.6 Å². The van der Waals surface area contributed by atoms with Gasteiger partial charge in [0, 0.05) is 29.1 Å². The number of nitrogens with one attached hydrogen (secondary N) is 2. The maximum absolute atomic E-state index is 12.2. The van der Waals surface area contributed by atoms with E-state index in [0.717, 1.165) is 22.6 Å². The third kappa shape index (κ3) is 5.42. The van der Waals surface area contributed by atoms with Gasteiger partial charge in [-0.3, -0.25) is 9.59 Å². The SMILES string of the molecule is CCCC(=O)Nc1cccc(CNC(=O)c2ccc(SC)cc2)c1. The van der Waals surface area contributed by atoms with Gasteiger partial charge in [0.05, 0.1) is 0 Å². The van der Waals surface area contributed by atoms with E-state index in [4.69, 9.17) is 0 Å². The van der Waals surface area contributed by atoms with Crippen molar-refractivity contribution in [2.24, 2.45) is 0 Å². The lowest BCUT2D eigenvalue weighted by Gasteiger charge is -2.09. The molecule has 0 unspecified atom stereocenters. The summed E-state index contributed by atoms with van der Waals surface area (Å²) in [5, 5.41) is 5.76. The number of thioether (sulfide) groups is 1. The first kappa shape index (κ1) is 18.1. The molecule has 126 valence electrons. The Hall–Kier alpha value is -2.27. The van der Waals surface area contributed by atoms with Crippen LogP contribution in [-0.2, 0) is 11.3 Å². The smallest absolute Gasteiger partial charge is 0.251 e. The van der Waals surface area contributed by atoms with Crippen LogP contribution in [0.15, 0.2) is 53.4 Å². The van der Waals surface area contributed by atoms with Gasteiger partial charge in [-0.05, 0) is 54.6 Å². The van der Waals surface area contributed by atoms with Gasteiger partial charge >= 0.3 is 0 Å². The highest BCUT2D eigenvalue weighted by Gasteiger charge is 2.06. The molecule has 0 saturated carbocycles. The fourth-order valence-electron chi connectivity index (χ4n) is 2.24. The number of hydrogen-bond donors (Lipinski definition) is 2. The fraction of sp³-hybridized carbons (Fsp3) is 0.263. The zero-order chi connectivity index (χ0) is 17.4. The Balaban J connectivity index is 1.93. The van der Waals surface area contributed by atoms with Crippen molar-refractivity contribution in [3.8, 4) is 0 Å².